The van der Waals surface area contributed by atoms with Crippen LogP contribution in [0.3, 0.4) is 0 Å². The second-order valence-corrected chi connectivity index (χ2v) is 5.97. The minimum atomic E-state index is -0.111. The van der Waals surface area contributed by atoms with E-state index in [2.05, 4.69) is 26.2 Å². The zero-order valence-corrected chi connectivity index (χ0v) is 13.8. The predicted octanol–water partition coefficient (Wildman–Crippen LogP) is 2.55. The van der Waals surface area contributed by atoms with Crippen molar-refractivity contribution in [3.8, 4) is 0 Å². The molecule has 1 aromatic heterocycles. The molecule has 1 heterocycles. The minimum Gasteiger partial charge on any atom is -0.382 e. The van der Waals surface area contributed by atoms with Crippen LogP contribution in [0.5, 0.6) is 0 Å². The first kappa shape index (κ1) is 16.4. The zero-order valence-electron chi connectivity index (χ0n) is 12.2. The molecule has 0 unspecified atom stereocenters. The molecule has 1 amide bonds. The molecule has 0 saturated heterocycles. The maximum absolute atomic E-state index is 12.1. The average Bonchev–Trinajstić information content (AvgIpc) is 2.49. The van der Waals surface area contributed by atoms with E-state index >= 15 is 0 Å². The largest absolute Gasteiger partial charge is 0.382 e. The molecule has 0 bridgehead atoms. The first-order valence-electron chi connectivity index (χ1n) is 7.23. The fourth-order valence-electron chi connectivity index (χ4n) is 2.47. The van der Waals surface area contributed by atoms with Crippen LogP contribution in [0.2, 0.25) is 0 Å². The Kier molecular flexibility index (Phi) is 6.60. The van der Waals surface area contributed by atoms with Gasteiger partial charge in [-0.25, -0.2) is 4.98 Å². The molecule has 116 valence electrons. The summed E-state index contributed by atoms with van der Waals surface area (Å²) in [6.07, 6.45) is 4.12. The number of rotatable bonds is 6. The van der Waals surface area contributed by atoms with Gasteiger partial charge in [-0.15, -0.1) is 0 Å². The van der Waals surface area contributed by atoms with Crippen LogP contribution in [0.25, 0.3) is 0 Å². The van der Waals surface area contributed by atoms with Crippen LogP contribution in [-0.2, 0) is 9.47 Å². The molecule has 1 N–H and O–H groups in total. The van der Waals surface area contributed by atoms with Gasteiger partial charge in [-0.05, 0) is 53.7 Å². The van der Waals surface area contributed by atoms with Crippen LogP contribution in [-0.4, -0.2) is 43.4 Å². The van der Waals surface area contributed by atoms with Gasteiger partial charge in [-0.2, -0.15) is 0 Å². The summed E-state index contributed by atoms with van der Waals surface area (Å²) >= 11 is 3.28. The smallest absolute Gasteiger partial charge is 0.270 e. The van der Waals surface area contributed by atoms with Gasteiger partial charge in [0.2, 0.25) is 0 Å². The third kappa shape index (κ3) is 5.37. The number of hydrogen-bond donors (Lipinski definition) is 1. The summed E-state index contributed by atoms with van der Waals surface area (Å²) in [5.41, 5.74) is 0.447. The number of carbonyl (C=O) groups is 1. The van der Waals surface area contributed by atoms with Crippen LogP contribution < -0.4 is 5.32 Å². The van der Waals surface area contributed by atoms with Gasteiger partial charge < -0.3 is 14.8 Å². The lowest BCUT2D eigenvalue weighted by molar-refractivity contribution is -0.00409. The van der Waals surface area contributed by atoms with Crippen molar-refractivity contribution in [2.75, 3.05) is 20.3 Å². The molecule has 5 nitrogen and oxygen atoms in total. The Morgan fingerprint density at radius 2 is 2.10 bits per heavy atom. The van der Waals surface area contributed by atoms with Gasteiger partial charge in [-0.1, -0.05) is 6.07 Å². The molecule has 1 aliphatic rings. The third-order valence-electron chi connectivity index (χ3n) is 3.60. The summed E-state index contributed by atoms with van der Waals surface area (Å²) in [5, 5.41) is 3.05. The number of nitrogens with one attached hydrogen (secondary N) is 1. The van der Waals surface area contributed by atoms with Crippen molar-refractivity contribution in [2.24, 2.45) is 0 Å². The van der Waals surface area contributed by atoms with E-state index in [1.54, 1.807) is 19.2 Å². The number of halogens is 1. The van der Waals surface area contributed by atoms with Crippen LogP contribution in [0.4, 0.5) is 0 Å². The number of aromatic nitrogens is 1. The first-order valence-corrected chi connectivity index (χ1v) is 8.02. The molecular formula is C15H21BrN2O3. The molecule has 1 saturated carbocycles. The summed E-state index contributed by atoms with van der Waals surface area (Å²) in [4.78, 5) is 16.3. The summed E-state index contributed by atoms with van der Waals surface area (Å²) < 4.78 is 11.4. The summed E-state index contributed by atoms with van der Waals surface area (Å²) in [7, 11) is 1.67. The number of carbonyl (C=O) groups excluding carboxylic acids is 1. The number of pyridine rings is 1. The average molecular weight is 357 g/mol. The van der Waals surface area contributed by atoms with Gasteiger partial charge in [0.15, 0.2) is 0 Å². The van der Waals surface area contributed by atoms with Crippen molar-refractivity contribution >= 4 is 21.8 Å². The summed E-state index contributed by atoms with van der Waals surface area (Å²) in [5.74, 6) is -0.111. The van der Waals surface area contributed by atoms with E-state index in [0.717, 1.165) is 25.7 Å². The first-order chi connectivity index (χ1) is 10.2. The number of hydrogen-bond acceptors (Lipinski definition) is 4. The Bertz CT molecular complexity index is 462. The summed E-state index contributed by atoms with van der Waals surface area (Å²) in [6, 6.07) is 5.55. The molecule has 0 radical (unpaired) electrons. The van der Waals surface area contributed by atoms with E-state index in [1.165, 1.54) is 0 Å². The highest BCUT2D eigenvalue weighted by Gasteiger charge is 2.23. The van der Waals surface area contributed by atoms with Crippen molar-refractivity contribution in [2.45, 2.75) is 37.8 Å². The predicted molar refractivity (Wildman–Crippen MR) is 83.3 cm³/mol. The SMILES string of the molecule is COCCOC1CCC(NC(=O)c2cccc(Br)n2)CC1. The van der Waals surface area contributed by atoms with E-state index in [1.807, 2.05) is 6.07 Å². The minimum absolute atomic E-state index is 0.111. The van der Waals surface area contributed by atoms with Gasteiger partial charge >= 0.3 is 0 Å². The summed E-state index contributed by atoms with van der Waals surface area (Å²) in [6.45, 7) is 1.27. The van der Waals surface area contributed by atoms with E-state index in [9.17, 15) is 4.79 Å². The van der Waals surface area contributed by atoms with Crippen molar-refractivity contribution in [3.63, 3.8) is 0 Å². The van der Waals surface area contributed by atoms with Crippen molar-refractivity contribution in [1.82, 2.24) is 10.3 Å². The van der Waals surface area contributed by atoms with Crippen molar-refractivity contribution < 1.29 is 14.3 Å². The lowest BCUT2D eigenvalue weighted by Crippen LogP contribution is -2.39. The number of amides is 1. The standard InChI is InChI=1S/C15H21BrN2O3/c1-20-9-10-21-12-7-5-11(6-8-12)17-15(19)13-3-2-4-14(16)18-13/h2-4,11-12H,5-10H2,1H3,(H,17,19). The normalized spacial score (nSPS) is 22.0. The molecule has 1 aromatic rings. The van der Waals surface area contributed by atoms with Gasteiger partial charge in [0.25, 0.3) is 5.91 Å². The Labute approximate surface area is 133 Å². The Hall–Kier alpha value is -0.980. The highest BCUT2D eigenvalue weighted by Crippen LogP contribution is 2.21. The Morgan fingerprint density at radius 1 is 1.33 bits per heavy atom. The maximum Gasteiger partial charge on any atom is 0.270 e. The topological polar surface area (TPSA) is 60.5 Å². The monoisotopic (exact) mass is 356 g/mol. The Balaban J connectivity index is 1.74. The van der Waals surface area contributed by atoms with E-state index in [-0.39, 0.29) is 18.1 Å². The van der Waals surface area contributed by atoms with Crippen LogP contribution in [0, 0.1) is 0 Å². The second kappa shape index (κ2) is 8.46. The number of ether oxygens (including phenoxy) is 2. The molecule has 21 heavy (non-hydrogen) atoms. The highest BCUT2D eigenvalue weighted by molar-refractivity contribution is 9.10. The van der Waals surface area contributed by atoms with Gasteiger partial charge in [0.1, 0.15) is 10.3 Å². The fourth-order valence-corrected chi connectivity index (χ4v) is 2.81. The van der Waals surface area contributed by atoms with Crippen LogP contribution in [0.1, 0.15) is 36.2 Å². The zero-order chi connectivity index (χ0) is 15.1. The third-order valence-corrected chi connectivity index (χ3v) is 4.04. The van der Waals surface area contributed by atoms with E-state index < -0.39 is 0 Å². The van der Waals surface area contributed by atoms with Crippen LogP contribution >= 0.6 is 15.9 Å². The molecular weight excluding hydrogens is 336 g/mol. The van der Waals surface area contributed by atoms with Crippen LogP contribution in [0.15, 0.2) is 22.8 Å². The maximum atomic E-state index is 12.1. The van der Waals surface area contributed by atoms with Crippen molar-refractivity contribution in [3.05, 3.63) is 28.5 Å². The second-order valence-electron chi connectivity index (χ2n) is 5.16. The lowest BCUT2D eigenvalue weighted by Gasteiger charge is -2.29. The molecule has 1 aliphatic carbocycles. The molecule has 0 aliphatic heterocycles. The molecule has 0 spiro atoms. The van der Waals surface area contributed by atoms with Gasteiger partial charge in [0.05, 0.1) is 19.3 Å². The number of nitrogens with zero attached hydrogens (tertiary/aromatic N) is 1. The lowest BCUT2D eigenvalue weighted by atomic mass is 9.93. The fraction of sp³-hybridized carbons (Fsp3) is 0.600. The molecule has 0 atom stereocenters. The molecule has 0 aromatic carbocycles. The van der Waals surface area contributed by atoms with Crippen molar-refractivity contribution in [1.29, 1.82) is 0 Å². The molecule has 1 fully saturated rings. The van der Waals surface area contributed by atoms with Gasteiger partial charge in [-0.3, -0.25) is 4.79 Å². The van der Waals surface area contributed by atoms with Gasteiger partial charge in [0, 0.05) is 13.2 Å². The quantitative estimate of drug-likeness (QED) is 0.628. The molecule has 2 rings (SSSR count). The Morgan fingerprint density at radius 3 is 2.76 bits per heavy atom. The van der Waals surface area contributed by atoms with E-state index in [0.29, 0.717) is 23.5 Å². The molecule has 6 heteroatoms. The van der Waals surface area contributed by atoms with E-state index in [4.69, 9.17) is 9.47 Å². The number of methoxy groups -OCH3 is 1. The highest BCUT2D eigenvalue weighted by atomic mass is 79.9.